The number of rotatable bonds is 1. The van der Waals surface area contributed by atoms with Crippen LogP contribution in [0.1, 0.15) is 23.1 Å². The molecule has 5 heteroatoms. The molecule has 2 aromatic carbocycles. The first kappa shape index (κ1) is 14.0. The topological polar surface area (TPSA) is 81.9 Å². The molecule has 1 heterocycles. The molecule has 2 atom stereocenters. The van der Waals surface area contributed by atoms with Crippen molar-refractivity contribution < 1.29 is 15.1 Å². The maximum absolute atomic E-state index is 12.5. The van der Waals surface area contributed by atoms with E-state index in [1.165, 1.54) is 0 Å². The van der Waals surface area contributed by atoms with Gasteiger partial charge in [0.15, 0.2) is 5.60 Å². The van der Waals surface area contributed by atoms with E-state index >= 15 is 0 Å². The molecular weight excluding hydrogens is 292 g/mol. The number of oxime groups is 1. The first-order chi connectivity index (χ1) is 11.2. The van der Waals surface area contributed by atoms with Gasteiger partial charge >= 0.3 is 0 Å². The monoisotopic (exact) mass is 308 g/mol. The Morgan fingerprint density at radius 1 is 1.13 bits per heavy atom. The second-order valence-electron chi connectivity index (χ2n) is 6.00. The number of aryl methyl sites for hydroxylation is 1. The van der Waals surface area contributed by atoms with Crippen LogP contribution >= 0.6 is 0 Å². The number of para-hydroxylation sites is 1. The van der Waals surface area contributed by atoms with Crippen molar-refractivity contribution in [2.75, 3.05) is 5.32 Å². The largest absolute Gasteiger partial charge is 0.411 e. The summed E-state index contributed by atoms with van der Waals surface area (Å²) in [5.41, 5.74) is 1.64. The summed E-state index contributed by atoms with van der Waals surface area (Å²) in [5, 5.41) is 27.0. The van der Waals surface area contributed by atoms with Crippen LogP contribution in [0.4, 0.5) is 5.69 Å². The summed E-state index contributed by atoms with van der Waals surface area (Å²) in [6.45, 7) is 0. The van der Waals surface area contributed by atoms with E-state index in [0.717, 1.165) is 17.5 Å². The van der Waals surface area contributed by atoms with Gasteiger partial charge in [0.25, 0.3) is 5.91 Å². The Kier molecular flexibility index (Phi) is 2.99. The van der Waals surface area contributed by atoms with E-state index in [4.69, 9.17) is 0 Å². The SMILES string of the molecule is O=C1Nc2ccccc2[C@]1(O)[C@H]1CCc2ccccc2/C1=N/O. The Labute approximate surface area is 133 Å². The molecule has 5 nitrogen and oxygen atoms in total. The number of carbonyl (C=O) groups excluding carboxylic acids is 1. The Morgan fingerprint density at radius 3 is 2.70 bits per heavy atom. The fraction of sp³-hybridized carbons (Fsp3) is 0.222. The molecule has 0 saturated heterocycles. The molecule has 1 aliphatic carbocycles. The Bertz CT molecular complexity index is 831. The average Bonchev–Trinajstić information content (AvgIpc) is 2.85. The van der Waals surface area contributed by atoms with Gasteiger partial charge in [-0.15, -0.1) is 0 Å². The zero-order chi connectivity index (χ0) is 16.0. The maximum Gasteiger partial charge on any atom is 0.261 e. The van der Waals surface area contributed by atoms with Crippen LogP contribution < -0.4 is 5.32 Å². The smallest absolute Gasteiger partial charge is 0.261 e. The van der Waals surface area contributed by atoms with Gasteiger partial charge in [-0.2, -0.15) is 0 Å². The highest BCUT2D eigenvalue weighted by molar-refractivity contribution is 6.12. The van der Waals surface area contributed by atoms with Crippen LogP contribution in [0, 0.1) is 5.92 Å². The third-order valence-corrected chi connectivity index (χ3v) is 4.87. The van der Waals surface area contributed by atoms with Crippen molar-refractivity contribution in [3.63, 3.8) is 0 Å². The van der Waals surface area contributed by atoms with Gasteiger partial charge < -0.3 is 15.6 Å². The van der Waals surface area contributed by atoms with E-state index in [1.807, 2.05) is 30.3 Å². The quantitative estimate of drug-likeness (QED) is 0.558. The van der Waals surface area contributed by atoms with E-state index in [2.05, 4.69) is 10.5 Å². The molecule has 2 aliphatic rings. The number of anilines is 1. The average molecular weight is 308 g/mol. The lowest BCUT2D eigenvalue weighted by Crippen LogP contribution is -2.47. The molecule has 0 unspecified atom stereocenters. The van der Waals surface area contributed by atoms with Crippen molar-refractivity contribution in [3.05, 3.63) is 65.2 Å². The van der Waals surface area contributed by atoms with Crippen LogP contribution in [0.15, 0.2) is 53.7 Å². The van der Waals surface area contributed by atoms with Crippen LogP contribution in [-0.4, -0.2) is 21.9 Å². The molecule has 1 aliphatic heterocycles. The van der Waals surface area contributed by atoms with Gasteiger partial charge in [0.05, 0.1) is 5.71 Å². The van der Waals surface area contributed by atoms with Crippen molar-refractivity contribution >= 4 is 17.3 Å². The molecule has 0 radical (unpaired) electrons. The van der Waals surface area contributed by atoms with Gasteiger partial charge in [0.2, 0.25) is 0 Å². The van der Waals surface area contributed by atoms with Crippen LogP contribution in [0.5, 0.6) is 0 Å². The number of hydrogen-bond donors (Lipinski definition) is 3. The van der Waals surface area contributed by atoms with Gasteiger partial charge in [-0.1, -0.05) is 47.6 Å². The summed E-state index contributed by atoms with van der Waals surface area (Å²) >= 11 is 0. The second-order valence-corrected chi connectivity index (χ2v) is 6.00. The number of nitrogens with one attached hydrogen (secondary N) is 1. The molecule has 3 N–H and O–H groups in total. The Hall–Kier alpha value is -2.66. The highest BCUT2D eigenvalue weighted by Crippen LogP contribution is 2.45. The zero-order valence-corrected chi connectivity index (χ0v) is 12.4. The zero-order valence-electron chi connectivity index (χ0n) is 12.4. The second kappa shape index (κ2) is 4.93. The van der Waals surface area contributed by atoms with Crippen molar-refractivity contribution in [2.24, 2.45) is 11.1 Å². The predicted octanol–water partition coefficient (Wildman–Crippen LogP) is 2.27. The lowest BCUT2D eigenvalue weighted by Gasteiger charge is -2.35. The van der Waals surface area contributed by atoms with E-state index in [-0.39, 0.29) is 0 Å². The van der Waals surface area contributed by atoms with Crippen molar-refractivity contribution in [3.8, 4) is 0 Å². The van der Waals surface area contributed by atoms with Crippen molar-refractivity contribution in [2.45, 2.75) is 18.4 Å². The van der Waals surface area contributed by atoms with E-state index in [0.29, 0.717) is 23.4 Å². The van der Waals surface area contributed by atoms with Gasteiger partial charge in [-0.05, 0) is 24.5 Å². The third-order valence-electron chi connectivity index (χ3n) is 4.87. The summed E-state index contributed by atoms with van der Waals surface area (Å²) in [6, 6.07) is 14.7. The molecule has 1 amide bonds. The molecule has 0 bridgehead atoms. The van der Waals surface area contributed by atoms with E-state index < -0.39 is 17.4 Å². The van der Waals surface area contributed by atoms with Crippen LogP contribution in [0.2, 0.25) is 0 Å². The fourth-order valence-corrected chi connectivity index (χ4v) is 3.75. The standard InChI is InChI=1S/C18H16N2O3/c21-17-18(22,13-7-3-4-8-15(13)19-17)14-10-9-11-5-1-2-6-12(11)16(14)20-23/h1-8,14,22-23H,9-10H2,(H,19,21)/b20-16-/t14-,18-/m0/s1. The molecule has 4 rings (SSSR count). The minimum atomic E-state index is -1.72. The van der Waals surface area contributed by atoms with Gasteiger partial charge in [-0.25, -0.2) is 0 Å². The molecule has 2 aromatic rings. The van der Waals surface area contributed by atoms with E-state index in [1.54, 1.807) is 18.2 Å². The summed E-state index contributed by atoms with van der Waals surface area (Å²) in [4.78, 5) is 12.5. The fourth-order valence-electron chi connectivity index (χ4n) is 3.75. The summed E-state index contributed by atoms with van der Waals surface area (Å²) in [5.74, 6) is -1.06. The molecule has 0 saturated carbocycles. The van der Waals surface area contributed by atoms with Gasteiger partial charge in [0, 0.05) is 22.7 Å². The number of carbonyl (C=O) groups is 1. The summed E-state index contributed by atoms with van der Waals surface area (Å²) < 4.78 is 0. The predicted molar refractivity (Wildman–Crippen MR) is 85.5 cm³/mol. The Morgan fingerprint density at radius 2 is 1.87 bits per heavy atom. The number of benzene rings is 2. The highest BCUT2D eigenvalue weighted by Gasteiger charge is 2.54. The number of hydrogen-bond acceptors (Lipinski definition) is 4. The Balaban J connectivity index is 1.87. The number of aliphatic hydroxyl groups is 1. The lowest BCUT2D eigenvalue weighted by atomic mass is 9.71. The van der Waals surface area contributed by atoms with Crippen LogP contribution in [0.25, 0.3) is 0 Å². The minimum absolute atomic E-state index is 0.362. The molecule has 0 aromatic heterocycles. The minimum Gasteiger partial charge on any atom is -0.411 e. The number of amides is 1. The van der Waals surface area contributed by atoms with Gasteiger partial charge in [0.1, 0.15) is 0 Å². The summed E-state index contributed by atoms with van der Waals surface area (Å²) in [6.07, 6.45) is 1.26. The first-order valence-electron chi connectivity index (χ1n) is 7.60. The molecule has 116 valence electrons. The van der Waals surface area contributed by atoms with Crippen LogP contribution in [0.3, 0.4) is 0 Å². The van der Waals surface area contributed by atoms with Gasteiger partial charge in [-0.3, -0.25) is 4.79 Å². The number of fused-ring (bicyclic) bond motifs is 2. The lowest BCUT2D eigenvalue weighted by molar-refractivity contribution is -0.137. The summed E-state index contributed by atoms with van der Waals surface area (Å²) in [7, 11) is 0. The molecular formula is C18H16N2O3. The van der Waals surface area contributed by atoms with Crippen LogP contribution in [-0.2, 0) is 16.8 Å². The molecule has 23 heavy (non-hydrogen) atoms. The third kappa shape index (κ3) is 1.83. The first-order valence-corrected chi connectivity index (χ1v) is 7.60. The highest BCUT2D eigenvalue weighted by atomic mass is 16.4. The number of nitrogens with zero attached hydrogens (tertiary/aromatic N) is 1. The molecule has 0 fully saturated rings. The molecule has 0 spiro atoms. The van der Waals surface area contributed by atoms with Crippen molar-refractivity contribution in [1.29, 1.82) is 0 Å². The normalized spacial score (nSPS) is 27.4. The van der Waals surface area contributed by atoms with Crippen molar-refractivity contribution in [1.82, 2.24) is 0 Å². The van der Waals surface area contributed by atoms with E-state index in [9.17, 15) is 15.1 Å². The maximum atomic E-state index is 12.5.